The van der Waals surface area contributed by atoms with Gasteiger partial charge in [0.15, 0.2) is 0 Å². The van der Waals surface area contributed by atoms with Crippen molar-refractivity contribution in [3.8, 4) is 0 Å². The number of hydrogen-bond donors (Lipinski definition) is 0. The van der Waals surface area contributed by atoms with Crippen molar-refractivity contribution in [2.45, 2.75) is 85.0 Å². The smallest absolute Gasteiger partial charge is 0.137 e. The summed E-state index contributed by atoms with van der Waals surface area (Å²) in [6, 6.07) is 5.65. The molecule has 2 aliphatic rings. The molecule has 0 aliphatic heterocycles. The zero-order valence-electron chi connectivity index (χ0n) is 18.4. The fourth-order valence-corrected chi connectivity index (χ4v) is 6.00. The van der Waals surface area contributed by atoms with E-state index in [0.29, 0.717) is 10.8 Å². The molecule has 2 heteroatoms. The summed E-state index contributed by atoms with van der Waals surface area (Å²) in [4.78, 5) is 0. The molecule has 29 heavy (non-hydrogen) atoms. The summed E-state index contributed by atoms with van der Waals surface area (Å²) >= 11 is 0. The number of fused-ring (bicyclic) bond motifs is 1. The summed E-state index contributed by atoms with van der Waals surface area (Å²) in [5.74, 6) is 2.72. The first-order valence-corrected chi connectivity index (χ1v) is 11.8. The molecule has 0 heterocycles. The van der Waals surface area contributed by atoms with Gasteiger partial charge in [-0.3, -0.25) is 0 Å². The van der Waals surface area contributed by atoms with E-state index in [9.17, 15) is 8.78 Å². The van der Waals surface area contributed by atoms with E-state index in [1.807, 2.05) is 13.0 Å². The van der Waals surface area contributed by atoms with Crippen LogP contribution in [0.3, 0.4) is 0 Å². The average molecular weight is 399 g/mol. The van der Waals surface area contributed by atoms with Crippen molar-refractivity contribution in [3.05, 3.63) is 46.5 Å². The zero-order chi connectivity index (χ0) is 20.5. The van der Waals surface area contributed by atoms with Crippen molar-refractivity contribution in [3.63, 3.8) is 0 Å². The van der Waals surface area contributed by atoms with Crippen LogP contribution in [0.25, 0.3) is 10.8 Å². The second kappa shape index (κ2) is 8.74. The molecule has 0 atom stereocenters. The number of benzene rings is 2. The molecule has 0 nitrogen and oxygen atoms in total. The van der Waals surface area contributed by atoms with Crippen LogP contribution in [0.2, 0.25) is 0 Å². The van der Waals surface area contributed by atoms with Crippen LogP contribution in [-0.2, 0) is 6.42 Å². The van der Waals surface area contributed by atoms with E-state index < -0.39 is 11.6 Å². The van der Waals surface area contributed by atoms with Gasteiger partial charge >= 0.3 is 0 Å². The molecule has 0 amide bonds. The summed E-state index contributed by atoms with van der Waals surface area (Å²) < 4.78 is 28.6. The van der Waals surface area contributed by atoms with Crippen molar-refractivity contribution < 1.29 is 8.78 Å². The van der Waals surface area contributed by atoms with Gasteiger partial charge < -0.3 is 0 Å². The van der Waals surface area contributed by atoms with Crippen molar-refractivity contribution in [2.24, 2.45) is 23.7 Å². The Morgan fingerprint density at radius 3 is 2.03 bits per heavy atom. The van der Waals surface area contributed by atoms with Gasteiger partial charge in [-0.2, -0.15) is 0 Å². The third-order valence-electron chi connectivity index (χ3n) is 7.91. The molecule has 0 saturated heterocycles. The molecule has 2 aromatic carbocycles. The largest absolute Gasteiger partial charge is 0.207 e. The van der Waals surface area contributed by atoms with Gasteiger partial charge in [-0.1, -0.05) is 57.6 Å². The predicted octanol–water partition coefficient (Wildman–Crippen LogP) is 8.30. The van der Waals surface area contributed by atoms with Crippen LogP contribution in [0.1, 0.15) is 81.4 Å². The second-order valence-electron chi connectivity index (χ2n) is 10.3. The highest BCUT2D eigenvalue weighted by atomic mass is 19.1. The van der Waals surface area contributed by atoms with Crippen LogP contribution >= 0.6 is 0 Å². The number of hydrogen-bond acceptors (Lipinski definition) is 0. The molecule has 2 aromatic rings. The lowest BCUT2D eigenvalue weighted by Gasteiger charge is -2.33. The van der Waals surface area contributed by atoms with E-state index in [0.717, 1.165) is 35.7 Å². The van der Waals surface area contributed by atoms with E-state index in [1.54, 1.807) is 0 Å². The third kappa shape index (κ3) is 4.67. The Hall–Kier alpha value is -1.44. The minimum atomic E-state index is -0.441. The van der Waals surface area contributed by atoms with Gasteiger partial charge in [0, 0.05) is 10.9 Å². The molecule has 4 rings (SSSR count). The third-order valence-corrected chi connectivity index (χ3v) is 7.91. The quantitative estimate of drug-likeness (QED) is 0.486. The maximum absolute atomic E-state index is 14.5. The lowest BCUT2D eigenvalue weighted by atomic mass is 9.72. The van der Waals surface area contributed by atoms with Gasteiger partial charge in [-0.05, 0) is 85.8 Å². The molecular formula is C27H36F2. The van der Waals surface area contributed by atoms with E-state index in [1.165, 1.54) is 76.3 Å². The first-order chi connectivity index (χ1) is 13.9. The summed E-state index contributed by atoms with van der Waals surface area (Å²) in [5, 5.41) is 1.29. The number of rotatable bonds is 4. The predicted molar refractivity (Wildman–Crippen MR) is 118 cm³/mol. The normalized spacial score (nSPS) is 28.0. The van der Waals surface area contributed by atoms with Gasteiger partial charge in [-0.15, -0.1) is 0 Å². The van der Waals surface area contributed by atoms with Crippen molar-refractivity contribution in [1.82, 2.24) is 0 Å². The van der Waals surface area contributed by atoms with Crippen LogP contribution < -0.4 is 0 Å². The molecular weight excluding hydrogens is 362 g/mol. The van der Waals surface area contributed by atoms with Crippen LogP contribution in [0.15, 0.2) is 18.2 Å². The average Bonchev–Trinajstić information content (AvgIpc) is 2.69. The van der Waals surface area contributed by atoms with Crippen LogP contribution in [0.5, 0.6) is 0 Å². The standard InChI is InChI=1S/C27H36F2/c1-17-4-6-20(7-5-17)13-21-8-10-22(11-9-21)14-23-12-18(2)26-24(15-23)16-25(28)19(3)27(26)29/h12,15-17,20-22H,4-11,13-14H2,1-3H3. The molecule has 2 saturated carbocycles. The first-order valence-electron chi connectivity index (χ1n) is 11.8. The molecule has 0 aromatic heterocycles. The van der Waals surface area contributed by atoms with Crippen molar-refractivity contribution in [2.75, 3.05) is 0 Å². The zero-order valence-corrected chi connectivity index (χ0v) is 18.4. The van der Waals surface area contributed by atoms with Gasteiger partial charge in [0.1, 0.15) is 11.6 Å². The summed E-state index contributed by atoms with van der Waals surface area (Å²) in [5.41, 5.74) is 2.29. The molecule has 0 radical (unpaired) electrons. The minimum Gasteiger partial charge on any atom is -0.207 e. The molecule has 2 aliphatic carbocycles. The molecule has 0 bridgehead atoms. The van der Waals surface area contributed by atoms with Gasteiger partial charge in [-0.25, -0.2) is 8.78 Å². The second-order valence-corrected chi connectivity index (χ2v) is 10.3. The van der Waals surface area contributed by atoms with E-state index >= 15 is 0 Å². The molecule has 158 valence electrons. The molecule has 0 spiro atoms. The number of aryl methyl sites for hydroxylation is 1. The molecule has 2 fully saturated rings. The highest BCUT2D eigenvalue weighted by Crippen LogP contribution is 2.39. The summed E-state index contributed by atoms with van der Waals surface area (Å²) in [6.45, 7) is 5.87. The van der Waals surface area contributed by atoms with Crippen LogP contribution in [0, 0.1) is 49.2 Å². The Balaban J connectivity index is 1.37. The van der Waals surface area contributed by atoms with E-state index in [2.05, 4.69) is 13.0 Å². The Morgan fingerprint density at radius 1 is 0.793 bits per heavy atom. The highest BCUT2D eigenvalue weighted by Gasteiger charge is 2.26. The highest BCUT2D eigenvalue weighted by molar-refractivity contribution is 5.87. The van der Waals surface area contributed by atoms with Crippen molar-refractivity contribution in [1.29, 1.82) is 0 Å². The fraction of sp³-hybridized carbons (Fsp3) is 0.630. The SMILES string of the molecule is Cc1c(F)cc2cc(CC3CCC(CC4CCC(C)CC4)CC3)cc(C)c2c1F. The van der Waals surface area contributed by atoms with Crippen LogP contribution in [-0.4, -0.2) is 0 Å². The van der Waals surface area contributed by atoms with Gasteiger partial charge in [0.2, 0.25) is 0 Å². The van der Waals surface area contributed by atoms with E-state index in [-0.39, 0.29) is 5.56 Å². The molecule has 0 unspecified atom stereocenters. The maximum Gasteiger partial charge on any atom is 0.137 e. The van der Waals surface area contributed by atoms with Gasteiger partial charge in [0.05, 0.1) is 0 Å². The molecule has 0 N–H and O–H groups in total. The lowest BCUT2D eigenvalue weighted by molar-refractivity contribution is 0.195. The Labute approximate surface area is 175 Å². The Bertz CT molecular complexity index is 853. The maximum atomic E-state index is 14.5. The summed E-state index contributed by atoms with van der Waals surface area (Å²) in [7, 11) is 0. The first kappa shape index (κ1) is 20.8. The minimum absolute atomic E-state index is 0.124. The lowest BCUT2D eigenvalue weighted by Crippen LogP contribution is -2.21. The van der Waals surface area contributed by atoms with Crippen molar-refractivity contribution >= 4 is 10.8 Å². The monoisotopic (exact) mass is 398 g/mol. The number of halogens is 2. The Morgan fingerprint density at radius 2 is 1.38 bits per heavy atom. The van der Waals surface area contributed by atoms with Gasteiger partial charge in [0.25, 0.3) is 0 Å². The Kier molecular flexibility index (Phi) is 6.27. The topological polar surface area (TPSA) is 0 Å². The van der Waals surface area contributed by atoms with E-state index in [4.69, 9.17) is 0 Å². The van der Waals surface area contributed by atoms with Crippen LogP contribution in [0.4, 0.5) is 8.78 Å². The fourth-order valence-electron chi connectivity index (χ4n) is 6.00. The summed E-state index contributed by atoms with van der Waals surface area (Å²) in [6.07, 6.45) is 13.6.